The molecule has 27 heavy (non-hydrogen) atoms. The Morgan fingerprint density at radius 2 is 1.81 bits per heavy atom. The first-order chi connectivity index (χ1) is 13.1. The van der Waals surface area contributed by atoms with Gasteiger partial charge in [-0.1, -0.05) is 30.3 Å². The quantitative estimate of drug-likeness (QED) is 0.644. The van der Waals surface area contributed by atoms with Crippen LogP contribution in [0.1, 0.15) is 34.8 Å². The van der Waals surface area contributed by atoms with Crippen LogP contribution in [0.15, 0.2) is 59.1 Å². The molecular weight excluding hydrogens is 406 g/mol. The first kappa shape index (κ1) is 17.7. The van der Waals surface area contributed by atoms with Gasteiger partial charge in [0, 0.05) is 21.5 Å². The monoisotopic (exact) mass is 423 g/mol. The highest BCUT2D eigenvalue weighted by Gasteiger charge is 2.27. The maximum atomic E-state index is 12.7. The number of benzene rings is 2. The molecule has 0 spiro atoms. The molecule has 1 aliphatic carbocycles. The summed E-state index contributed by atoms with van der Waals surface area (Å²) in [6.07, 6.45) is 2.22. The van der Waals surface area contributed by atoms with E-state index in [1.165, 1.54) is 0 Å². The van der Waals surface area contributed by atoms with Crippen LogP contribution < -0.4 is 10.6 Å². The van der Waals surface area contributed by atoms with Crippen LogP contribution >= 0.6 is 15.9 Å². The van der Waals surface area contributed by atoms with Crippen LogP contribution in [0.3, 0.4) is 0 Å². The lowest BCUT2D eigenvalue weighted by molar-refractivity contribution is -0.115. The van der Waals surface area contributed by atoms with Crippen molar-refractivity contribution in [2.24, 2.45) is 0 Å². The van der Waals surface area contributed by atoms with Crippen LogP contribution in [0.2, 0.25) is 0 Å². The standard InChI is InChI=1S/C21H18BrN3O2/c22-16-6-2-4-8-18(16)25-20(26)12-23-21(27)15-11-19(13-9-10-13)24-17-7-3-1-5-14(15)17/h1-8,11,13H,9-10,12H2,(H,23,27)(H,25,26). The minimum atomic E-state index is -0.281. The summed E-state index contributed by atoms with van der Waals surface area (Å²) in [5.41, 5.74) is 3.00. The lowest BCUT2D eigenvalue weighted by atomic mass is 10.1. The van der Waals surface area contributed by atoms with Gasteiger partial charge >= 0.3 is 0 Å². The third-order valence-corrected chi connectivity index (χ3v) is 5.23. The summed E-state index contributed by atoms with van der Waals surface area (Å²) in [5.74, 6) is -0.103. The van der Waals surface area contributed by atoms with Gasteiger partial charge in [-0.25, -0.2) is 0 Å². The van der Waals surface area contributed by atoms with Crippen molar-refractivity contribution in [3.05, 3.63) is 70.3 Å². The normalized spacial score (nSPS) is 13.4. The Labute approximate surface area is 165 Å². The summed E-state index contributed by atoms with van der Waals surface area (Å²) < 4.78 is 0.791. The molecule has 2 aromatic carbocycles. The maximum Gasteiger partial charge on any atom is 0.252 e. The van der Waals surface area contributed by atoms with Crippen LogP contribution in [-0.2, 0) is 4.79 Å². The van der Waals surface area contributed by atoms with Crippen molar-refractivity contribution in [1.29, 1.82) is 0 Å². The van der Waals surface area contributed by atoms with Crippen molar-refractivity contribution in [2.45, 2.75) is 18.8 Å². The number of fused-ring (bicyclic) bond motifs is 1. The van der Waals surface area contributed by atoms with E-state index in [-0.39, 0.29) is 18.4 Å². The van der Waals surface area contributed by atoms with Crippen LogP contribution in [0.25, 0.3) is 10.9 Å². The number of nitrogens with one attached hydrogen (secondary N) is 2. The molecule has 0 atom stereocenters. The molecule has 0 bridgehead atoms. The number of halogens is 1. The molecule has 2 N–H and O–H groups in total. The Kier molecular flexibility index (Phi) is 4.90. The van der Waals surface area contributed by atoms with E-state index in [0.717, 1.165) is 33.9 Å². The van der Waals surface area contributed by atoms with E-state index in [1.807, 2.05) is 48.5 Å². The average Bonchev–Trinajstić information content (AvgIpc) is 3.52. The van der Waals surface area contributed by atoms with E-state index in [4.69, 9.17) is 0 Å². The summed E-state index contributed by atoms with van der Waals surface area (Å²) in [4.78, 5) is 29.6. The van der Waals surface area contributed by atoms with E-state index in [9.17, 15) is 9.59 Å². The van der Waals surface area contributed by atoms with Crippen molar-refractivity contribution in [3.63, 3.8) is 0 Å². The molecule has 6 heteroatoms. The Balaban J connectivity index is 1.50. The summed E-state index contributed by atoms with van der Waals surface area (Å²) in [6, 6.07) is 16.8. The molecule has 0 aliphatic heterocycles. The van der Waals surface area contributed by atoms with Crippen molar-refractivity contribution in [2.75, 3.05) is 11.9 Å². The number of hydrogen-bond donors (Lipinski definition) is 2. The molecule has 0 radical (unpaired) electrons. The number of aromatic nitrogens is 1. The van der Waals surface area contributed by atoms with Gasteiger partial charge in [0.2, 0.25) is 5.91 Å². The fraction of sp³-hybridized carbons (Fsp3) is 0.190. The molecule has 136 valence electrons. The third-order valence-electron chi connectivity index (χ3n) is 4.53. The highest BCUT2D eigenvalue weighted by molar-refractivity contribution is 9.10. The Morgan fingerprint density at radius 3 is 2.59 bits per heavy atom. The summed E-state index contributed by atoms with van der Waals surface area (Å²) >= 11 is 3.39. The summed E-state index contributed by atoms with van der Waals surface area (Å²) in [5, 5.41) is 6.30. The predicted molar refractivity (Wildman–Crippen MR) is 109 cm³/mol. The number of anilines is 1. The van der Waals surface area contributed by atoms with Gasteiger partial charge in [-0.05, 0) is 53.0 Å². The van der Waals surface area contributed by atoms with Crippen LogP contribution in [-0.4, -0.2) is 23.3 Å². The lowest BCUT2D eigenvalue weighted by Gasteiger charge is -2.11. The zero-order valence-corrected chi connectivity index (χ0v) is 16.1. The van der Waals surface area contributed by atoms with Gasteiger partial charge < -0.3 is 10.6 Å². The lowest BCUT2D eigenvalue weighted by Crippen LogP contribution is -2.33. The molecule has 2 amide bonds. The second-order valence-electron chi connectivity index (χ2n) is 6.60. The SMILES string of the molecule is O=C(CNC(=O)c1cc(C2CC2)nc2ccccc12)Nc1ccccc1Br. The Morgan fingerprint density at radius 1 is 1.07 bits per heavy atom. The Bertz CT molecular complexity index is 1030. The third kappa shape index (κ3) is 4.01. The van der Waals surface area contributed by atoms with Gasteiger partial charge in [0.25, 0.3) is 5.91 Å². The Hall–Kier alpha value is -2.73. The molecule has 1 saturated carbocycles. The zero-order chi connectivity index (χ0) is 18.8. The van der Waals surface area contributed by atoms with E-state index in [2.05, 4.69) is 31.5 Å². The molecule has 1 heterocycles. The number of rotatable bonds is 5. The molecule has 0 saturated heterocycles. The van der Waals surface area contributed by atoms with Crippen molar-refractivity contribution < 1.29 is 9.59 Å². The van der Waals surface area contributed by atoms with Gasteiger partial charge in [0.05, 0.1) is 23.3 Å². The van der Waals surface area contributed by atoms with Crippen molar-refractivity contribution >= 4 is 44.3 Å². The predicted octanol–water partition coefficient (Wildman–Crippen LogP) is 4.24. The largest absolute Gasteiger partial charge is 0.343 e. The molecule has 4 rings (SSSR count). The van der Waals surface area contributed by atoms with Gasteiger partial charge in [0.1, 0.15) is 0 Å². The fourth-order valence-corrected chi connectivity index (χ4v) is 3.37. The van der Waals surface area contributed by atoms with Crippen LogP contribution in [0.5, 0.6) is 0 Å². The minimum Gasteiger partial charge on any atom is -0.343 e. The van der Waals surface area contributed by atoms with E-state index >= 15 is 0 Å². The first-order valence-corrected chi connectivity index (χ1v) is 9.63. The molecule has 1 fully saturated rings. The van der Waals surface area contributed by atoms with Gasteiger partial charge in [-0.15, -0.1) is 0 Å². The number of carbonyl (C=O) groups excluding carboxylic acids is 2. The highest BCUT2D eigenvalue weighted by atomic mass is 79.9. The number of pyridine rings is 1. The molecular formula is C21H18BrN3O2. The molecule has 1 aliphatic rings. The number of para-hydroxylation sites is 2. The zero-order valence-electron chi connectivity index (χ0n) is 14.5. The molecule has 5 nitrogen and oxygen atoms in total. The van der Waals surface area contributed by atoms with Crippen LogP contribution in [0, 0.1) is 0 Å². The van der Waals surface area contributed by atoms with Crippen LogP contribution in [0.4, 0.5) is 5.69 Å². The van der Waals surface area contributed by atoms with Gasteiger partial charge in [0.15, 0.2) is 0 Å². The number of nitrogens with zero attached hydrogens (tertiary/aromatic N) is 1. The number of carbonyl (C=O) groups is 2. The number of amides is 2. The van der Waals surface area contributed by atoms with E-state index < -0.39 is 0 Å². The first-order valence-electron chi connectivity index (χ1n) is 8.84. The topological polar surface area (TPSA) is 71.1 Å². The second kappa shape index (κ2) is 7.48. The van der Waals surface area contributed by atoms with Gasteiger partial charge in [-0.3, -0.25) is 14.6 Å². The minimum absolute atomic E-state index is 0.102. The second-order valence-corrected chi connectivity index (χ2v) is 7.45. The average molecular weight is 424 g/mol. The smallest absolute Gasteiger partial charge is 0.252 e. The molecule has 3 aromatic rings. The van der Waals surface area contributed by atoms with Crippen molar-refractivity contribution in [1.82, 2.24) is 10.3 Å². The highest BCUT2D eigenvalue weighted by Crippen LogP contribution is 2.40. The van der Waals surface area contributed by atoms with Gasteiger partial charge in [-0.2, -0.15) is 0 Å². The maximum absolute atomic E-state index is 12.7. The van der Waals surface area contributed by atoms with E-state index in [0.29, 0.717) is 17.2 Å². The molecule has 1 aromatic heterocycles. The fourth-order valence-electron chi connectivity index (χ4n) is 2.98. The number of hydrogen-bond acceptors (Lipinski definition) is 3. The summed E-state index contributed by atoms with van der Waals surface area (Å²) in [7, 11) is 0. The summed E-state index contributed by atoms with van der Waals surface area (Å²) in [6.45, 7) is -0.102. The molecule has 0 unspecified atom stereocenters. The van der Waals surface area contributed by atoms with E-state index in [1.54, 1.807) is 6.07 Å². The van der Waals surface area contributed by atoms with Crippen molar-refractivity contribution in [3.8, 4) is 0 Å².